The molecular weight excluding hydrogens is 208 g/mol. The standard InChI is InChI=1S/C11H20N2O3/c1-8(2)7-10(14)16-9-5-6-12(3)11(15)13(9)4/h8-9H,5-7H2,1-4H3. The largest absolute Gasteiger partial charge is 0.441 e. The summed E-state index contributed by atoms with van der Waals surface area (Å²) in [5, 5.41) is 0. The second-order valence-corrected chi connectivity index (χ2v) is 4.65. The highest BCUT2D eigenvalue weighted by Gasteiger charge is 2.30. The minimum absolute atomic E-state index is 0.103. The third kappa shape index (κ3) is 3.12. The molecule has 0 bridgehead atoms. The number of urea groups is 1. The van der Waals surface area contributed by atoms with Crippen molar-refractivity contribution in [3.8, 4) is 0 Å². The van der Waals surface area contributed by atoms with E-state index in [9.17, 15) is 9.59 Å². The highest BCUT2D eigenvalue weighted by molar-refractivity contribution is 5.75. The third-order valence-corrected chi connectivity index (χ3v) is 2.61. The summed E-state index contributed by atoms with van der Waals surface area (Å²) in [7, 11) is 3.40. The summed E-state index contributed by atoms with van der Waals surface area (Å²) in [4.78, 5) is 26.2. The number of hydrogen-bond donors (Lipinski definition) is 0. The molecule has 92 valence electrons. The number of amides is 2. The first kappa shape index (κ1) is 12.8. The van der Waals surface area contributed by atoms with Crippen molar-refractivity contribution >= 4 is 12.0 Å². The van der Waals surface area contributed by atoms with Crippen molar-refractivity contribution in [3.05, 3.63) is 0 Å². The van der Waals surface area contributed by atoms with E-state index in [1.807, 2.05) is 13.8 Å². The molecule has 0 aromatic heterocycles. The van der Waals surface area contributed by atoms with Crippen LogP contribution in [0.25, 0.3) is 0 Å². The van der Waals surface area contributed by atoms with Gasteiger partial charge >= 0.3 is 12.0 Å². The van der Waals surface area contributed by atoms with Crippen molar-refractivity contribution < 1.29 is 14.3 Å². The Labute approximate surface area is 96.3 Å². The zero-order valence-electron chi connectivity index (χ0n) is 10.4. The molecule has 5 nitrogen and oxygen atoms in total. The lowest BCUT2D eigenvalue weighted by atomic mass is 10.1. The van der Waals surface area contributed by atoms with Gasteiger partial charge in [0.2, 0.25) is 0 Å². The van der Waals surface area contributed by atoms with Crippen LogP contribution in [0.3, 0.4) is 0 Å². The van der Waals surface area contributed by atoms with Crippen molar-refractivity contribution in [1.29, 1.82) is 0 Å². The third-order valence-electron chi connectivity index (χ3n) is 2.61. The Bertz CT molecular complexity index is 278. The molecular formula is C11H20N2O3. The summed E-state index contributed by atoms with van der Waals surface area (Å²) in [5.41, 5.74) is 0. The minimum Gasteiger partial charge on any atom is -0.441 e. The summed E-state index contributed by atoms with van der Waals surface area (Å²) < 4.78 is 5.27. The number of hydrogen-bond acceptors (Lipinski definition) is 3. The summed E-state index contributed by atoms with van der Waals surface area (Å²) in [6.45, 7) is 4.55. The maximum absolute atomic E-state index is 11.6. The Balaban J connectivity index is 2.49. The van der Waals surface area contributed by atoms with Gasteiger partial charge in [0, 0.05) is 33.5 Å². The van der Waals surface area contributed by atoms with Gasteiger partial charge in [-0.05, 0) is 5.92 Å². The predicted molar refractivity (Wildman–Crippen MR) is 59.7 cm³/mol. The predicted octanol–water partition coefficient (Wildman–Crippen LogP) is 1.29. The van der Waals surface area contributed by atoms with E-state index in [1.165, 1.54) is 4.90 Å². The number of esters is 1. The molecule has 16 heavy (non-hydrogen) atoms. The van der Waals surface area contributed by atoms with Crippen LogP contribution in [0, 0.1) is 5.92 Å². The van der Waals surface area contributed by atoms with Crippen LogP contribution in [-0.2, 0) is 9.53 Å². The Hall–Kier alpha value is -1.26. The number of nitrogens with zero attached hydrogens (tertiary/aromatic N) is 2. The van der Waals surface area contributed by atoms with Crippen LogP contribution < -0.4 is 0 Å². The van der Waals surface area contributed by atoms with Crippen molar-refractivity contribution in [1.82, 2.24) is 9.80 Å². The van der Waals surface area contributed by atoms with Crippen LogP contribution in [0.4, 0.5) is 4.79 Å². The molecule has 0 saturated carbocycles. The topological polar surface area (TPSA) is 49.9 Å². The van der Waals surface area contributed by atoms with E-state index in [2.05, 4.69) is 0 Å². The lowest BCUT2D eigenvalue weighted by Crippen LogP contribution is -2.52. The fourth-order valence-electron chi connectivity index (χ4n) is 1.66. The fourth-order valence-corrected chi connectivity index (χ4v) is 1.66. The molecule has 1 unspecified atom stereocenters. The first-order valence-corrected chi connectivity index (χ1v) is 5.59. The fraction of sp³-hybridized carbons (Fsp3) is 0.818. The zero-order valence-corrected chi connectivity index (χ0v) is 10.4. The molecule has 1 rings (SSSR count). The summed E-state index contributed by atoms with van der Waals surface area (Å²) in [5.74, 6) is 0.0453. The molecule has 0 aliphatic carbocycles. The second kappa shape index (κ2) is 5.18. The van der Waals surface area contributed by atoms with Crippen molar-refractivity contribution in [2.24, 2.45) is 5.92 Å². The summed E-state index contributed by atoms with van der Waals surface area (Å²) in [6.07, 6.45) is 0.659. The highest BCUT2D eigenvalue weighted by Crippen LogP contribution is 2.15. The van der Waals surface area contributed by atoms with E-state index in [1.54, 1.807) is 19.0 Å². The van der Waals surface area contributed by atoms with E-state index in [0.29, 0.717) is 19.4 Å². The van der Waals surface area contributed by atoms with Crippen LogP contribution in [0.15, 0.2) is 0 Å². The van der Waals surface area contributed by atoms with Crippen molar-refractivity contribution in [2.75, 3.05) is 20.6 Å². The highest BCUT2D eigenvalue weighted by atomic mass is 16.6. The first-order chi connectivity index (χ1) is 7.41. The van der Waals surface area contributed by atoms with Gasteiger partial charge in [0.1, 0.15) is 0 Å². The van der Waals surface area contributed by atoms with Crippen molar-refractivity contribution in [2.45, 2.75) is 32.9 Å². The number of ether oxygens (including phenoxy) is 1. The lowest BCUT2D eigenvalue weighted by Gasteiger charge is -2.36. The molecule has 1 aliphatic rings. The molecule has 1 aliphatic heterocycles. The van der Waals surface area contributed by atoms with Gasteiger partial charge in [-0.2, -0.15) is 0 Å². The Kier molecular flexibility index (Phi) is 4.15. The molecule has 1 atom stereocenters. The number of carbonyl (C=O) groups is 2. The molecule has 1 saturated heterocycles. The van der Waals surface area contributed by atoms with Crippen molar-refractivity contribution in [3.63, 3.8) is 0 Å². The smallest absolute Gasteiger partial charge is 0.322 e. The van der Waals surface area contributed by atoms with Gasteiger partial charge in [-0.3, -0.25) is 9.69 Å². The molecule has 0 radical (unpaired) electrons. The monoisotopic (exact) mass is 228 g/mol. The van der Waals surface area contributed by atoms with Crippen LogP contribution in [0.1, 0.15) is 26.7 Å². The van der Waals surface area contributed by atoms with E-state index >= 15 is 0 Å². The molecule has 1 fully saturated rings. The zero-order chi connectivity index (χ0) is 12.3. The van der Waals surface area contributed by atoms with Gasteiger partial charge in [-0.25, -0.2) is 4.79 Å². The molecule has 2 amide bonds. The van der Waals surface area contributed by atoms with E-state index in [0.717, 1.165) is 0 Å². The van der Waals surface area contributed by atoms with Gasteiger partial charge < -0.3 is 9.64 Å². The summed E-state index contributed by atoms with van der Waals surface area (Å²) >= 11 is 0. The van der Waals surface area contributed by atoms with Gasteiger partial charge in [0.15, 0.2) is 6.23 Å². The average molecular weight is 228 g/mol. The Morgan fingerprint density at radius 1 is 1.50 bits per heavy atom. The minimum atomic E-state index is -0.407. The van der Waals surface area contributed by atoms with Gasteiger partial charge in [0.05, 0.1) is 0 Å². The quantitative estimate of drug-likeness (QED) is 0.684. The van der Waals surface area contributed by atoms with E-state index in [-0.39, 0.29) is 17.9 Å². The molecule has 5 heteroatoms. The van der Waals surface area contributed by atoms with E-state index < -0.39 is 6.23 Å². The van der Waals surface area contributed by atoms with Crippen LogP contribution in [0.5, 0.6) is 0 Å². The van der Waals surface area contributed by atoms with Gasteiger partial charge in [-0.15, -0.1) is 0 Å². The normalized spacial score (nSPS) is 21.6. The Morgan fingerprint density at radius 3 is 2.69 bits per heavy atom. The maximum atomic E-state index is 11.6. The van der Waals surface area contributed by atoms with Crippen LogP contribution >= 0.6 is 0 Å². The maximum Gasteiger partial charge on any atom is 0.322 e. The second-order valence-electron chi connectivity index (χ2n) is 4.65. The van der Waals surface area contributed by atoms with Gasteiger partial charge in [-0.1, -0.05) is 13.8 Å². The van der Waals surface area contributed by atoms with Gasteiger partial charge in [0.25, 0.3) is 0 Å². The molecule has 0 N–H and O–H groups in total. The van der Waals surface area contributed by atoms with Crippen LogP contribution in [0.2, 0.25) is 0 Å². The number of carbonyl (C=O) groups excluding carboxylic acids is 2. The molecule has 0 aromatic carbocycles. The summed E-state index contributed by atoms with van der Waals surface area (Å²) in [6, 6.07) is -0.103. The molecule has 0 aromatic rings. The van der Waals surface area contributed by atoms with Crippen LogP contribution in [-0.4, -0.2) is 48.7 Å². The SMILES string of the molecule is CC(C)CC(=O)OC1CCN(C)C(=O)N1C. The molecule has 0 spiro atoms. The van der Waals surface area contributed by atoms with E-state index in [4.69, 9.17) is 4.74 Å². The first-order valence-electron chi connectivity index (χ1n) is 5.59. The Morgan fingerprint density at radius 2 is 2.12 bits per heavy atom. The number of rotatable bonds is 3. The average Bonchev–Trinajstić information content (AvgIpc) is 2.18. The lowest BCUT2D eigenvalue weighted by molar-refractivity contribution is -0.159. The molecule has 1 heterocycles.